The lowest BCUT2D eigenvalue weighted by molar-refractivity contribution is 0.223. The quantitative estimate of drug-likeness (QED) is 0.278. The predicted octanol–water partition coefficient (Wildman–Crippen LogP) is 3.47. The third-order valence-electron chi connectivity index (χ3n) is 5.25. The first-order valence-electron chi connectivity index (χ1n) is 9.48. The Hall–Kier alpha value is -0.0400. The monoisotopic (exact) mass is 436 g/mol. The summed E-state index contributed by atoms with van der Waals surface area (Å²) in [6.07, 6.45) is 11.1. The van der Waals surface area contributed by atoms with Crippen molar-refractivity contribution in [2.24, 2.45) is 16.8 Å². The fourth-order valence-electron chi connectivity index (χ4n) is 3.70. The summed E-state index contributed by atoms with van der Waals surface area (Å²) in [5.74, 6) is 2.79. The summed E-state index contributed by atoms with van der Waals surface area (Å²) in [6.45, 7) is 7.59. The Morgan fingerprint density at radius 2 is 1.74 bits per heavy atom. The summed E-state index contributed by atoms with van der Waals surface area (Å²) in [5.41, 5.74) is 0. The second kappa shape index (κ2) is 12.3. The third kappa shape index (κ3) is 8.57. The summed E-state index contributed by atoms with van der Waals surface area (Å²) < 4.78 is 0. The van der Waals surface area contributed by atoms with Gasteiger partial charge in [-0.05, 0) is 64.6 Å². The molecule has 4 nitrogen and oxygen atoms in total. The molecule has 1 saturated carbocycles. The van der Waals surface area contributed by atoms with Gasteiger partial charge in [0.05, 0.1) is 0 Å². The molecular weight excluding hydrogens is 399 g/mol. The number of likely N-dealkylation sites (tertiary alicyclic amines) is 1. The minimum atomic E-state index is 0. The summed E-state index contributed by atoms with van der Waals surface area (Å²) in [4.78, 5) is 7.23. The predicted molar refractivity (Wildman–Crippen MR) is 111 cm³/mol. The van der Waals surface area contributed by atoms with Crippen molar-refractivity contribution >= 4 is 29.9 Å². The van der Waals surface area contributed by atoms with E-state index in [1.165, 1.54) is 64.5 Å². The lowest BCUT2D eigenvalue weighted by Gasteiger charge is -2.28. The fourth-order valence-corrected chi connectivity index (χ4v) is 3.70. The van der Waals surface area contributed by atoms with Crippen LogP contribution in [0, 0.1) is 11.8 Å². The van der Waals surface area contributed by atoms with E-state index < -0.39 is 0 Å². The number of hydrogen-bond acceptors (Lipinski definition) is 2. The molecule has 2 aliphatic rings. The fraction of sp³-hybridized carbons (Fsp3) is 0.944. The Bertz CT molecular complexity index is 321. The number of nitrogens with zero attached hydrogens (tertiary/aromatic N) is 2. The van der Waals surface area contributed by atoms with Crippen molar-refractivity contribution in [3.05, 3.63) is 0 Å². The number of hydrogen-bond donors (Lipinski definition) is 2. The lowest BCUT2D eigenvalue weighted by atomic mass is 9.97. The van der Waals surface area contributed by atoms with Crippen molar-refractivity contribution in [1.82, 2.24) is 15.5 Å². The van der Waals surface area contributed by atoms with Crippen LogP contribution in [-0.4, -0.2) is 50.6 Å². The van der Waals surface area contributed by atoms with E-state index in [2.05, 4.69) is 29.5 Å². The van der Waals surface area contributed by atoms with Gasteiger partial charge < -0.3 is 15.5 Å². The van der Waals surface area contributed by atoms with Crippen molar-refractivity contribution in [2.75, 3.05) is 39.8 Å². The molecule has 0 bridgehead atoms. The van der Waals surface area contributed by atoms with E-state index in [0.717, 1.165) is 37.4 Å². The summed E-state index contributed by atoms with van der Waals surface area (Å²) >= 11 is 0. The minimum absolute atomic E-state index is 0. The van der Waals surface area contributed by atoms with Gasteiger partial charge >= 0.3 is 0 Å². The third-order valence-corrected chi connectivity index (χ3v) is 5.25. The van der Waals surface area contributed by atoms with Crippen molar-refractivity contribution in [2.45, 2.75) is 58.3 Å². The number of aliphatic imine (C=N–C) groups is 1. The smallest absolute Gasteiger partial charge is 0.191 e. The highest BCUT2D eigenvalue weighted by molar-refractivity contribution is 14.0. The van der Waals surface area contributed by atoms with Crippen LogP contribution in [0.15, 0.2) is 4.99 Å². The molecule has 1 aliphatic carbocycles. The van der Waals surface area contributed by atoms with Gasteiger partial charge in [0.25, 0.3) is 0 Å². The molecule has 136 valence electrons. The Balaban J connectivity index is 0.00000264. The Morgan fingerprint density at radius 3 is 2.39 bits per heavy atom. The molecule has 5 heteroatoms. The molecule has 2 N–H and O–H groups in total. The molecule has 0 aromatic heterocycles. The first-order chi connectivity index (χ1) is 10.8. The number of piperidine rings is 1. The van der Waals surface area contributed by atoms with Crippen LogP contribution in [0.1, 0.15) is 58.3 Å². The minimum Gasteiger partial charge on any atom is -0.357 e. The summed E-state index contributed by atoms with van der Waals surface area (Å²) in [6, 6.07) is 0. The molecule has 0 aromatic rings. The molecule has 2 fully saturated rings. The van der Waals surface area contributed by atoms with Crippen LogP contribution >= 0.6 is 24.0 Å². The van der Waals surface area contributed by atoms with Crippen LogP contribution in [0.2, 0.25) is 0 Å². The molecule has 0 spiro atoms. The SMILES string of the molecule is CCNC(=NCC1CCN(C)CC1)NCCCC1CCCC1.I. The maximum atomic E-state index is 4.81. The molecule has 0 radical (unpaired) electrons. The van der Waals surface area contributed by atoms with E-state index in [4.69, 9.17) is 4.99 Å². The van der Waals surface area contributed by atoms with Crippen molar-refractivity contribution in [3.63, 3.8) is 0 Å². The van der Waals surface area contributed by atoms with Crippen LogP contribution in [-0.2, 0) is 0 Å². The number of halogens is 1. The van der Waals surface area contributed by atoms with E-state index >= 15 is 0 Å². The van der Waals surface area contributed by atoms with Crippen molar-refractivity contribution in [1.29, 1.82) is 0 Å². The second-order valence-electron chi connectivity index (χ2n) is 7.19. The van der Waals surface area contributed by atoms with Gasteiger partial charge in [0.2, 0.25) is 0 Å². The Morgan fingerprint density at radius 1 is 1.04 bits per heavy atom. The van der Waals surface area contributed by atoms with Crippen LogP contribution in [0.3, 0.4) is 0 Å². The Kier molecular flexibility index (Phi) is 11.3. The zero-order valence-electron chi connectivity index (χ0n) is 15.1. The van der Waals surface area contributed by atoms with Gasteiger partial charge in [0.15, 0.2) is 5.96 Å². The average Bonchev–Trinajstić information content (AvgIpc) is 3.04. The molecule has 0 amide bonds. The van der Waals surface area contributed by atoms with E-state index in [1.54, 1.807) is 0 Å². The van der Waals surface area contributed by atoms with Crippen LogP contribution in [0.4, 0.5) is 0 Å². The van der Waals surface area contributed by atoms with E-state index in [0.29, 0.717) is 0 Å². The number of rotatable bonds is 7. The van der Waals surface area contributed by atoms with Gasteiger partial charge in [0.1, 0.15) is 0 Å². The van der Waals surface area contributed by atoms with Crippen molar-refractivity contribution < 1.29 is 0 Å². The van der Waals surface area contributed by atoms with Gasteiger partial charge in [-0.3, -0.25) is 4.99 Å². The van der Waals surface area contributed by atoms with E-state index in [-0.39, 0.29) is 24.0 Å². The van der Waals surface area contributed by atoms with Gasteiger partial charge in [-0.25, -0.2) is 0 Å². The van der Waals surface area contributed by atoms with Crippen LogP contribution < -0.4 is 10.6 Å². The van der Waals surface area contributed by atoms with Gasteiger partial charge in [-0.2, -0.15) is 0 Å². The molecule has 0 unspecified atom stereocenters. The molecule has 0 atom stereocenters. The lowest BCUT2D eigenvalue weighted by Crippen LogP contribution is -2.38. The molecular formula is C18H37IN4. The maximum absolute atomic E-state index is 4.81. The topological polar surface area (TPSA) is 39.7 Å². The van der Waals surface area contributed by atoms with Gasteiger partial charge in [-0.1, -0.05) is 25.7 Å². The van der Waals surface area contributed by atoms with Crippen molar-refractivity contribution in [3.8, 4) is 0 Å². The average molecular weight is 436 g/mol. The Labute approximate surface area is 160 Å². The summed E-state index contributed by atoms with van der Waals surface area (Å²) in [7, 11) is 2.22. The second-order valence-corrected chi connectivity index (χ2v) is 7.19. The highest BCUT2D eigenvalue weighted by atomic mass is 127. The molecule has 1 saturated heterocycles. The van der Waals surface area contributed by atoms with Gasteiger partial charge in [0, 0.05) is 19.6 Å². The molecule has 1 heterocycles. The maximum Gasteiger partial charge on any atom is 0.191 e. The first-order valence-corrected chi connectivity index (χ1v) is 9.48. The number of guanidine groups is 1. The van der Waals surface area contributed by atoms with Crippen LogP contribution in [0.5, 0.6) is 0 Å². The molecule has 0 aromatic carbocycles. The highest BCUT2D eigenvalue weighted by Crippen LogP contribution is 2.28. The summed E-state index contributed by atoms with van der Waals surface area (Å²) in [5, 5.41) is 6.91. The molecule has 23 heavy (non-hydrogen) atoms. The van der Waals surface area contributed by atoms with E-state index in [1.807, 2.05) is 0 Å². The first kappa shape index (κ1) is 21.0. The van der Waals surface area contributed by atoms with E-state index in [9.17, 15) is 0 Å². The van der Waals surface area contributed by atoms with Gasteiger partial charge in [-0.15, -0.1) is 24.0 Å². The molecule has 2 rings (SSSR count). The highest BCUT2D eigenvalue weighted by Gasteiger charge is 2.16. The van der Waals surface area contributed by atoms with Crippen LogP contribution in [0.25, 0.3) is 0 Å². The molecule has 1 aliphatic heterocycles. The number of nitrogens with one attached hydrogen (secondary N) is 2. The normalized spacial score (nSPS) is 21.2. The zero-order valence-corrected chi connectivity index (χ0v) is 17.5. The standard InChI is InChI=1S/C18H36N4.HI/c1-3-19-18(20-12-6-9-16-7-4-5-8-16)21-15-17-10-13-22(2)14-11-17;/h16-17H,3-15H2,1-2H3,(H2,19,20,21);1H. The largest absolute Gasteiger partial charge is 0.357 e. The zero-order chi connectivity index (χ0) is 15.6.